The van der Waals surface area contributed by atoms with Gasteiger partial charge in [0.05, 0.1) is 5.56 Å². The number of ether oxygens (including phenoxy) is 2. The third-order valence-corrected chi connectivity index (χ3v) is 3.22. The van der Waals surface area contributed by atoms with E-state index in [1.54, 1.807) is 12.1 Å². The van der Waals surface area contributed by atoms with Crippen LogP contribution in [0.4, 0.5) is 4.79 Å². The van der Waals surface area contributed by atoms with Crippen molar-refractivity contribution in [3.8, 4) is 11.5 Å². The summed E-state index contributed by atoms with van der Waals surface area (Å²) >= 11 is 0. The van der Waals surface area contributed by atoms with Crippen LogP contribution in [-0.2, 0) is 5.41 Å². The summed E-state index contributed by atoms with van der Waals surface area (Å²) in [7, 11) is 0. The van der Waals surface area contributed by atoms with Gasteiger partial charge in [-0.2, -0.15) is 0 Å². The topological polar surface area (TPSA) is 72.8 Å². The molecule has 23 heavy (non-hydrogen) atoms. The van der Waals surface area contributed by atoms with Crippen molar-refractivity contribution >= 4 is 12.1 Å². The van der Waals surface area contributed by atoms with E-state index in [-0.39, 0.29) is 16.7 Å². The summed E-state index contributed by atoms with van der Waals surface area (Å²) < 4.78 is 10.1. The van der Waals surface area contributed by atoms with Crippen LogP contribution in [0.25, 0.3) is 0 Å². The SMILES string of the molecule is CC(C)(C)c1ccc(OC(=O)Oc2ccc(C(=O)O)cc2)cc1. The summed E-state index contributed by atoms with van der Waals surface area (Å²) in [4.78, 5) is 22.5. The highest BCUT2D eigenvalue weighted by atomic mass is 16.7. The number of carboxylic acids is 1. The quantitative estimate of drug-likeness (QED) is 0.677. The Labute approximate surface area is 134 Å². The molecule has 0 saturated carbocycles. The van der Waals surface area contributed by atoms with E-state index in [0.29, 0.717) is 5.75 Å². The highest BCUT2D eigenvalue weighted by Gasteiger charge is 2.14. The fraction of sp³-hybridized carbons (Fsp3) is 0.222. The first-order valence-electron chi connectivity index (χ1n) is 7.09. The fourth-order valence-corrected chi connectivity index (χ4v) is 1.90. The maximum atomic E-state index is 11.7. The molecular formula is C18H18O5. The summed E-state index contributed by atoms with van der Waals surface area (Å²) in [5.74, 6) is -0.450. The summed E-state index contributed by atoms with van der Waals surface area (Å²) in [5, 5.41) is 8.80. The van der Waals surface area contributed by atoms with Crippen LogP contribution in [0.15, 0.2) is 48.5 Å². The molecule has 0 aromatic heterocycles. The number of rotatable bonds is 3. The van der Waals surface area contributed by atoms with Crippen LogP contribution in [0.2, 0.25) is 0 Å². The van der Waals surface area contributed by atoms with E-state index in [4.69, 9.17) is 14.6 Å². The molecule has 0 radical (unpaired) electrons. The standard InChI is InChI=1S/C18H18O5/c1-18(2,3)13-6-10-15(11-7-13)23-17(21)22-14-8-4-12(5-9-14)16(19)20/h4-11H,1-3H3,(H,19,20). The van der Waals surface area contributed by atoms with Gasteiger partial charge in [-0.3, -0.25) is 0 Å². The molecular weight excluding hydrogens is 296 g/mol. The fourth-order valence-electron chi connectivity index (χ4n) is 1.90. The third kappa shape index (κ3) is 4.57. The summed E-state index contributed by atoms with van der Waals surface area (Å²) in [6, 6.07) is 12.7. The second kappa shape index (κ2) is 6.52. The van der Waals surface area contributed by atoms with Crippen molar-refractivity contribution in [2.45, 2.75) is 26.2 Å². The lowest BCUT2D eigenvalue weighted by atomic mass is 9.87. The molecule has 5 nitrogen and oxygen atoms in total. The third-order valence-electron chi connectivity index (χ3n) is 3.22. The molecule has 1 N–H and O–H groups in total. The van der Waals surface area contributed by atoms with Gasteiger partial charge in [0.25, 0.3) is 0 Å². The van der Waals surface area contributed by atoms with Gasteiger partial charge in [0.15, 0.2) is 0 Å². The van der Waals surface area contributed by atoms with Crippen LogP contribution in [0.5, 0.6) is 11.5 Å². The van der Waals surface area contributed by atoms with Crippen LogP contribution in [0.1, 0.15) is 36.7 Å². The molecule has 2 aromatic rings. The van der Waals surface area contributed by atoms with Crippen LogP contribution in [-0.4, -0.2) is 17.2 Å². The van der Waals surface area contributed by atoms with Gasteiger partial charge in [-0.15, -0.1) is 0 Å². The molecule has 2 aromatic carbocycles. The molecule has 0 unspecified atom stereocenters. The van der Waals surface area contributed by atoms with E-state index in [9.17, 15) is 9.59 Å². The lowest BCUT2D eigenvalue weighted by Crippen LogP contribution is -2.14. The van der Waals surface area contributed by atoms with E-state index in [1.165, 1.54) is 24.3 Å². The molecule has 0 heterocycles. The predicted octanol–water partition coefficient (Wildman–Crippen LogP) is 4.26. The zero-order valence-electron chi connectivity index (χ0n) is 13.2. The molecule has 0 aliphatic carbocycles. The first-order chi connectivity index (χ1) is 10.8. The van der Waals surface area contributed by atoms with E-state index >= 15 is 0 Å². The van der Waals surface area contributed by atoms with Crippen LogP contribution in [0.3, 0.4) is 0 Å². The Morgan fingerprint density at radius 1 is 0.826 bits per heavy atom. The lowest BCUT2D eigenvalue weighted by Gasteiger charge is -2.18. The predicted molar refractivity (Wildman–Crippen MR) is 85.2 cm³/mol. The maximum Gasteiger partial charge on any atom is 0.519 e. The summed E-state index contributed by atoms with van der Waals surface area (Å²) in [6.07, 6.45) is -0.878. The molecule has 0 aliphatic rings. The van der Waals surface area contributed by atoms with Crippen molar-refractivity contribution in [1.82, 2.24) is 0 Å². The Morgan fingerprint density at radius 3 is 1.65 bits per heavy atom. The molecule has 0 bridgehead atoms. The number of hydrogen-bond acceptors (Lipinski definition) is 4. The first kappa shape index (κ1) is 16.5. The van der Waals surface area contributed by atoms with Crippen molar-refractivity contribution in [1.29, 1.82) is 0 Å². The zero-order chi connectivity index (χ0) is 17.0. The lowest BCUT2D eigenvalue weighted by molar-refractivity contribution is 0.0697. The first-order valence-corrected chi connectivity index (χ1v) is 7.09. The molecule has 0 amide bonds. The largest absolute Gasteiger partial charge is 0.519 e. The Morgan fingerprint density at radius 2 is 1.26 bits per heavy atom. The number of carbonyl (C=O) groups excluding carboxylic acids is 1. The Kier molecular flexibility index (Phi) is 4.69. The Balaban J connectivity index is 1.98. The van der Waals surface area contributed by atoms with Gasteiger partial charge in [0.1, 0.15) is 11.5 Å². The minimum Gasteiger partial charge on any atom is -0.478 e. The molecule has 0 aliphatic heterocycles. The van der Waals surface area contributed by atoms with Crippen molar-refractivity contribution in [3.63, 3.8) is 0 Å². The molecule has 0 fully saturated rings. The maximum absolute atomic E-state index is 11.7. The highest BCUT2D eigenvalue weighted by molar-refractivity contribution is 5.87. The van der Waals surface area contributed by atoms with E-state index in [1.807, 2.05) is 12.1 Å². The van der Waals surface area contributed by atoms with Crippen LogP contribution < -0.4 is 9.47 Å². The number of hydrogen-bond donors (Lipinski definition) is 1. The summed E-state index contributed by atoms with van der Waals surface area (Å²) in [5.41, 5.74) is 1.26. The van der Waals surface area contributed by atoms with Crippen molar-refractivity contribution in [2.75, 3.05) is 0 Å². The smallest absolute Gasteiger partial charge is 0.478 e. The van der Waals surface area contributed by atoms with Crippen LogP contribution in [0, 0.1) is 0 Å². The van der Waals surface area contributed by atoms with E-state index in [2.05, 4.69) is 20.8 Å². The van der Waals surface area contributed by atoms with Gasteiger partial charge in [-0.05, 0) is 47.4 Å². The van der Waals surface area contributed by atoms with Gasteiger partial charge in [0.2, 0.25) is 0 Å². The molecule has 120 valence electrons. The highest BCUT2D eigenvalue weighted by Crippen LogP contribution is 2.24. The van der Waals surface area contributed by atoms with Gasteiger partial charge in [0, 0.05) is 0 Å². The molecule has 0 spiro atoms. The molecule has 0 atom stereocenters. The van der Waals surface area contributed by atoms with Crippen molar-refractivity contribution < 1.29 is 24.2 Å². The van der Waals surface area contributed by atoms with Crippen LogP contribution >= 0.6 is 0 Å². The zero-order valence-corrected chi connectivity index (χ0v) is 13.2. The van der Waals surface area contributed by atoms with Gasteiger partial charge in [-0.25, -0.2) is 9.59 Å². The van der Waals surface area contributed by atoms with E-state index in [0.717, 1.165) is 5.56 Å². The second-order valence-corrected chi connectivity index (χ2v) is 6.06. The van der Waals surface area contributed by atoms with E-state index < -0.39 is 12.1 Å². The van der Waals surface area contributed by atoms with Gasteiger partial charge < -0.3 is 14.6 Å². The average Bonchev–Trinajstić information content (AvgIpc) is 2.47. The molecule has 5 heteroatoms. The summed E-state index contributed by atoms with van der Waals surface area (Å²) in [6.45, 7) is 6.29. The number of aromatic carboxylic acids is 1. The normalized spacial score (nSPS) is 10.9. The Hall–Kier alpha value is -2.82. The second-order valence-electron chi connectivity index (χ2n) is 6.06. The van der Waals surface area contributed by atoms with Gasteiger partial charge >= 0.3 is 12.1 Å². The monoisotopic (exact) mass is 314 g/mol. The van der Waals surface area contributed by atoms with Gasteiger partial charge in [-0.1, -0.05) is 32.9 Å². The number of carbonyl (C=O) groups is 2. The molecule has 0 saturated heterocycles. The minimum absolute atomic E-state index is 0.0188. The number of carboxylic acid groups (broad SMARTS) is 1. The molecule has 2 rings (SSSR count). The average molecular weight is 314 g/mol. The Bertz CT molecular complexity index is 694. The van der Waals surface area contributed by atoms with Crippen molar-refractivity contribution in [2.24, 2.45) is 0 Å². The minimum atomic E-state index is -1.04. The number of benzene rings is 2. The van der Waals surface area contributed by atoms with Crippen molar-refractivity contribution in [3.05, 3.63) is 59.7 Å².